The molecular weight excluding hydrogens is 172 g/mol. The lowest BCUT2D eigenvalue weighted by atomic mass is 9.68. The van der Waals surface area contributed by atoms with Gasteiger partial charge >= 0.3 is 0 Å². The van der Waals surface area contributed by atoms with E-state index in [1.807, 2.05) is 0 Å². The van der Waals surface area contributed by atoms with Crippen LogP contribution in [0.1, 0.15) is 52.4 Å². The van der Waals surface area contributed by atoms with E-state index in [1.54, 1.807) is 0 Å². The molecule has 2 fully saturated rings. The molecule has 0 amide bonds. The smallest absolute Gasteiger partial charge is 0.0490 e. The topological polar surface area (TPSA) is 20.2 Å². The van der Waals surface area contributed by atoms with Crippen molar-refractivity contribution in [1.82, 2.24) is 0 Å². The summed E-state index contributed by atoms with van der Waals surface area (Å²) in [5.74, 6) is 2.60. The van der Waals surface area contributed by atoms with E-state index in [9.17, 15) is 5.11 Å². The molecule has 2 bridgehead atoms. The maximum absolute atomic E-state index is 9.68. The fourth-order valence-electron chi connectivity index (χ4n) is 3.90. The number of aliphatic hydroxyl groups is 1. The first-order valence-electron chi connectivity index (χ1n) is 6.31. The number of aliphatic hydroxyl groups excluding tert-OH is 1. The van der Waals surface area contributed by atoms with Gasteiger partial charge < -0.3 is 5.11 Å². The summed E-state index contributed by atoms with van der Waals surface area (Å²) < 4.78 is 0. The van der Waals surface area contributed by atoms with Crippen LogP contribution in [0.25, 0.3) is 0 Å². The van der Waals surface area contributed by atoms with Gasteiger partial charge in [-0.3, -0.25) is 0 Å². The maximum atomic E-state index is 9.68. The van der Waals surface area contributed by atoms with Crippen LogP contribution in [0.4, 0.5) is 0 Å². The Kier molecular flexibility index (Phi) is 2.88. The third kappa shape index (κ3) is 1.60. The predicted octanol–water partition coefficient (Wildman–Crippen LogP) is 3.22. The van der Waals surface area contributed by atoms with Gasteiger partial charge in [-0.05, 0) is 48.9 Å². The molecular formula is C13H24O. The quantitative estimate of drug-likeness (QED) is 0.732. The lowest BCUT2D eigenvalue weighted by Gasteiger charge is -2.38. The summed E-state index contributed by atoms with van der Waals surface area (Å²) in [6.45, 7) is 5.05. The molecule has 0 spiro atoms. The SMILES string of the molecule is CCC(C)CC1(CO)CC2CCC1C2. The Labute approximate surface area is 87.9 Å². The summed E-state index contributed by atoms with van der Waals surface area (Å²) in [5, 5.41) is 9.68. The zero-order valence-electron chi connectivity index (χ0n) is 9.63. The molecule has 0 radical (unpaired) electrons. The van der Waals surface area contributed by atoms with Crippen molar-refractivity contribution in [3.63, 3.8) is 0 Å². The number of hydrogen-bond donors (Lipinski definition) is 1. The Morgan fingerprint density at radius 3 is 2.64 bits per heavy atom. The van der Waals surface area contributed by atoms with Crippen molar-refractivity contribution < 1.29 is 5.11 Å². The van der Waals surface area contributed by atoms with Crippen LogP contribution in [-0.4, -0.2) is 11.7 Å². The number of rotatable bonds is 4. The van der Waals surface area contributed by atoms with Crippen molar-refractivity contribution >= 4 is 0 Å². The molecule has 2 saturated carbocycles. The lowest BCUT2D eigenvalue weighted by Crippen LogP contribution is -2.33. The highest BCUT2D eigenvalue weighted by atomic mass is 16.3. The summed E-state index contributed by atoms with van der Waals surface area (Å²) in [4.78, 5) is 0. The van der Waals surface area contributed by atoms with E-state index in [-0.39, 0.29) is 0 Å². The molecule has 1 N–H and O–H groups in total. The van der Waals surface area contributed by atoms with E-state index >= 15 is 0 Å². The van der Waals surface area contributed by atoms with Gasteiger partial charge in [-0.1, -0.05) is 26.7 Å². The largest absolute Gasteiger partial charge is 0.396 e. The van der Waals surface area contributed by atoms with Crippen LogP contribution in [0.15, 0.2) is 0 Å². The van der Waals surface area contributed by atoms with Crippen LogP contribution in [0.5, 0.6) is 0 Å². The maximum Gasteiger partial charge on any atom is 0.0490 e. The van der Waals surface area contributed by atoms with Crippen LogP contribution in [0.2, 0.25) is 0 Å². The molecule has 2 aliphatic carbocycles. The Hall–Kier alpha value is -0.0400. The summed E-state index contributed by atoms with van der Waals surface area (Å²) in [5.41, 5.74) is 0.332. The van der Waals surface area contributed by atoms with Gasteiger partial charge in [-0.2, -0.15) is 0 Å². The van der Waals surface area contributed by atoms with Crippen molar-refractivity contribution in [2.45, 2.75) is 52.4 Å². The van der Waals surface area contributed by atoms with Gasteiger partial charge in [-0.15, -0.1) is 0 Å². The second-order valence-corrected chi connectivity index (χ2v) is 5.82. The summed E-state index contributed by atoms with van der Waals surface area (Å²) in [6, 6.07) is 0. The summed E-state index contributed by atoms with van der Waals surface area (Å²) in [6.07, 6.45) is 8.09. The zero-order chi connectivity index (χ0) is 10.2. The standard InChI is InChI=1S/C13H24O/c1-3-10(2)7-13(9-14)8-11-4-5-12(13)6-11/h10-12,14H,3-9H2,1-2H3. The third-order valence-electron chi connectivity index (χ3n) is 4.87. The van der Waals surface area contributed by atoms with Crippen LogP contribution >= 0.6 is 0 Å². The van der Waals surface area contributed by atoms with Gasteiger partial charge in [0.15, 0.2) is 0 Å². The third-order valence-corrected chi connectivity index (χ3v) is 4.87. The molecule has 4 atom stereocenters. The van der Waals surface area contributed by atoms with Crippen molar-refractivity contribution in [3.05, 3.63) is 0 Å². The first-order valence-corrected chi connectivity index (χ1v) is 6.31. The molecule has 0 aromatic rings. The average Bonchev–Trinajstić information content (AvgIpc) is 2.77. The number of hydrogen-bond acceptors (Lipinski definition) is 1. The molecule has 2 aliphatic rings. The number of fused-ring (bicyclic) bond motifs is 2. The molecule has 0 aromatic carbocycles. The highest BCUT2D eigenvalue weighted by Gasteiger charge is 2.50. The van der Waals surface area contributed by atoms with Gasteiger partial charge in [0.1, 0.15) is 0 Å². The van der Waals surface area contributed by atoms with Crippen LogP contribution in [-0.2, 0) is 0 Å². The molecule has 1 nitrogen and oxygen atoms in total. The minimum Gasteiger partial charge on any atom is -0.396 e. The molecule has 0 saturated heterocycles. The van der Waals surface area contributed by atoms with Gasteiger partial charge in [0.25, 0.3) is 0 Å². The van der Waals surface area contributed by atoms with E-state index in [0.717, 1.165) is 17.8 Å². The van der Waals surface area contributed by atoms with Gasteiger partial charge in [0.05, 0.1) is 0 Å². The Balaban J connectivity index is 2.03. The molecule has 2 rings (SSSR count). The summed E-state index contributed by atoms with van der Waals surface area (Å²) in [7, 11) is 0. The van der Waals surface area contributed by atoms with Crippen molar-refractivity contribution in [2.24, 2.45) is 23.2 Å². The fraction of sp³-hybridized carbons (Fsp3) is 1.00. The normalized spacial score (nSPS) is 43.1. The van der Waals surface area contributed by atoms with E-state index in [4.69, 9.17) is 0 Å². The Bertz CT molecular complexity index is 201. The molecule has 14 heavy (non-hydrogen) atoms. The Morgan fingerprint density at radius 2 is 2.21 bits per heavy atom. The first-order chi connectivity index (χ1) is 6.70. The first kappa shape index (κ1) is 10.5. The molecule has 82 valence electrons. The second kappa shape index (κ2) is 3.84. The minimum absolute atomic E-state index is 0.332. The van der Waals surface area contributed by atoms with E-state index in [2.05, 4.69) is 13.8 Å². The van der Waals surface area contributed by atoms with Crippen LogP contribution in [0.3, 0.4) is 0 Å². The fourth-order valence-corrected chi connectivity index (χ4v) is 3.90. The van der Waals surface area contributed by atoms with Crippen molar-refractivity contribution in [2.75, 3.05) is 6.61 Å². The molecule has 1 heteroatoms. The van der Waals surface area contributed by atoms with Crippen molar-refractivity contribution in [3.8, 4) is 0 Å². The van der Waals surface area contributed by atoms with E-state index in [0.29, 0.717) is 12.0 Å². The van der Waals surface area contributed by atoms with E-state index in [1.165, 1.54) is 38.5 Å². The van der Waals surface area contributed by atoms with Crippen molar-refractivity contribution in [1.29, 1.82) is 0 Å². The molecule has 0 aliphatic heterocycles. The lowest BCUT2D eigenvalue weighted by molar-refractivity contribution is 0.0415. The van der Waals surface area contributed by atoms with Gasteiger partial charge in [0, 0.05) is 6.61 Å². The average molecular weight is 196 g/mol. The predicted molar refractivity (Wildman–Crippen MR) is 59.0 cm³/mol. The summed E-state index contributed by atoms with van der Waals surface area (Å²) >= 11 is 0. The monoisotopic (exact) mass is 196 g/mol. The van der Waals surface area contributed by atoms with Gasteiger partial charge in [-0.25, -0.2) is 0 Å². The minimum atomic E-state index is 0.332. The second-order valence-electron chi connectivity index (χ2n) is 5.82. The van der Waals surface area contributed by atoms with Gasteiger partial charge in [0.2, 0.25) is 0 Å². The molecule has 0 heterocycles. The zero-order valence-corrected chi connectivity index (χ0v) is 9.63. The molecule has 0 aromatic heterocycles. The highest BCUT2D eigenvalue weighted by Crippen LogP contribution is 2.58. The highest BCUT2D eigenvalue weighted by molar-refractivity contribution is 5.00. The Morgan fingerprint density at radius 1 is 1.43 bits per heavy atom. The van der Waals surface area contributed by atoms with Crippen LogP contribution < -0.4 is 0 Å². The van der Waals surface area contributed by atoms with E-state index < -0.39 is 0 Å². The van der Waals surface area contributed by atoms with Crippen LogP contribution in [0, 0.1) is 23.2 Å². The molecule has 4 unspecified atom stereocenters.